The number of carbonyl (C=O) groups is 1. The van der Waals surface area contributed by atoms with E-state index in [1.807, 2.05) is 39.8 Å². The van der Waals surface area contributed by atoms with E-state index in [0.717, 1.165) is 24.7 Å². The summed E-state index contributed by atoms with van der Waals surface area (Å²) in [6.07, 6.45) is 5.26. The van der Waals surface area contributed by atoms with Crippen LogP contribution in [0.4, 0.5) is 21.8 Å². The first kappa shape index (κ1) is 30.2. The molecule has 0 saturated carbocycles. The van der Waals surface area contributed by atoms with E-state index >= 15 is 4.39 Å². The zero-order valence-electron chi connectivity index (χ0n) is 24.3. The van der Waals surface area contributed by atoms with Crippen molar-refractivity contribution >= 4 is 52.1 Å². The van der Waals surface area contributed by atoms with Gasteiger partial charge in [0.2, 0.25) is 11.9 Å². The summed E-state index contributed by atoms with van der Waals surface area (Å²) in [6.45, 7) is 8.63. The van der Waals surface area contributed by atoms with E-state index in [9.17, 15) is 4.79 Å². The van der Waals surface area contributed by atoms with Gasteiger partial charge in [0.05, 0.1) is 5.02 Å². The minimum Gasteiger partial charge on any atom is -0.398 e. The topological polar surface area (TPSA) is 114 Å². The summed E-state index contributed by atoms with van der Waals surface area (Å²) in [4.78, 5) is 27.8. The van der Waals surface area contributed by atoms with Crippen molar-refractivity contribution in [2.45, 2.75) is 33.2 Å². The first-order valence-electron chi connectivity index (χ1n) is 13.7. The molecule has 1 aliphatic heterocycles. The van der Waals surface area contributed by atoms with Crippen molar-refractivity contribution < 1.29 is 9.18 Å². The molecule has 0 radical (unpaired) electrons. The lowest BCUT2D eigenvalue weighted by Gasteiger charge is -2.35. The van der Waals surface area contributed by atoms with Gasteiger partial charge in [-0.1, -0.05) is 23.7 Å². The molecule has 2 aromatic carbocycles. The largest absolute Gasteiger partial charge is 0.398 e. The van der Waals surface area contributed by atoms with Crippen LogP contribution in [0.1, 0.15) is 31.4 Å². The summed E-state index contributed by atoms with van der Waals surface area (Å²) < 4.78 is 16.6. The van der Waals surface area contributed by atoms with Crippen molar-refractivity contribution in [3.8, 4) is 11.1 Å². The van der Waals surface area contributed by atoms with Gasteiger partial charge in [-0.2, -0.15) is 4.98 Å². The Morgan fingerprint density at radius 1 is 1.24 bits per heavy atom. The third kappa shape index (κ3) is 6.44. The number of nitrogens with two attached hydrogens (primary N) is 1. The summed E-state index contributed by atoms with van der Waals surface area (Å²) in [7, 11) is 4.03. The summed E-state index contributed by atoms with van der Waals surface area (Å²) in [6, 6.07) is 5.21. The van der Waals surface area contributed by atoms with E-state index in [1.165, 1.54) is 0 Å². The minimum atomic E-state index is -0.598. The number of fused-ring (bicyclic) bond motifs is 1. The molecule has 1 aliphatic rings. The highest BCUT2D eigenvalue weighted by Crippen LogP contribution is 2.41. The number of carbonyl (C=O) groups excluding carboxylic acids is 1. The Morgan fingerprint density at radius 2 is 1.95 bits per heavy atom. The van der Waals surface area contributed by atoms with Crippen LogP contribution in [0.2, 0.25) is 5.02 Å². The number of amides is 1. The number of nitrogens with one attached hydrogen (secondary N) is 2. The van der Waals surface area contributed by atoms with Gasteiger partial charge in [0.15, 0.2) is 5.82 Å². The maximum absolute atomic E-state index is 16.6. The van der Waals surface area contributed by atoms with Crippen molar-refractivity contribution in [2.75, 3.05) is 62.8 Å². The van der Waals surface area contributed by atoms with Crippen molar-refractivity contribution in [1.82, 2.24) is 19.8 Å². The third-order valence-corrected chi connectivity index (χ3v) is 7.63. The second kappa shape index (κ2) is 12.8. The molecule has 1 fully saturated rings. The lowest BCUT2D eigenvalue weighted by atomic mass is 9.93. The molecule has 0 spiro atoms. The Kier molecular flexibility index (Phi) is 9.45. The Bertz CT molecular complexity index is 1480. The smallest absolute Gasteiger partial charge is 0.246 e. The molecule has 41 heavy (non-hydrogen) atoms. The quantitative estimate of drug-likeness (QED) is 0.186. The molecule has 218 valence electrons. The maximum atomic E-state index is 16.6. The van der Waals surface area contributed by atoms with Crippen molar-refractivity contribution in [2.24, 2.45) is 0 Å². The predicted molar refractivity (Wildman–Crippen MR) is 167 cm³/mol. The van der Waals surface area contributed by atoms with Gasteiger partial charge in [-0.3, -0.25) is 4.79 Å². The Morgan fingerprint density at radius 3 is 2.59 bits per heavy atom. The van der Waals surface area contributed by atoms with E-state index in [1.54, 1.807) is 35.3 Å². The van der Waals surface area contributed by atoms with Crippen LogP contribution >= 0.6 is 11.6 Å². The Labute approximate surface area is 245 Å². The fourth-order valence-corrected chi connectivity index (χ4v) is 5.36. The summed E-state index contributed by atoms with van der Waals surface area (Å²) in [5.41, 5.74) is 8.41. The second-order valence-corrected chi connectivity index (χ2v) is 11.1. The van der Waals surface area contributed by atoms with Gasteiger partial charge in [0.25, 0.3) is 0 Å². The van der Waals surface area contributed by atoms with E-state index < -0.39 is 5.82 Å². The van der Waals surface area contributed by atoms with Crippen LogP contribution in [0.25, 0.3) is 22.0 Å². The van der Waals surface area contributed by atoms with Crippen molar-refractivity contribution in [3.63, 3.8) is 0 Å². The van der Waals surface area contributed by atoms with E-state index in [4.69, 9.17) is 27.7 Å². The highest BCUT2D eigenvalue weighted by molar-refractivity contribution is 6.34. The zero-order chi connectivity index (χ0) is 29.8. The minimum absolute atomic E-state index is 0.0324. The molecule has 11 heteroatoms. The molecule has 2 heterocycles. The molecule has 4 rings (SSSR count). The molecule has 1 aromatic heterocycles. The van der Waals surface area contributed by atoms with Crippen LogP contribution in [0.3, 0.4) is 0 Å². The molecular formula is C30H38ClFN8O. The first-order valence-corrected chi connectivity index (χ1v) is 14.1. The van der Waals surface area contributed by atoms with Crippen LogP contribution in [-0.4, -0.2) is 84.8 Å². The lowest BCUT2D eigenvalue weighted by molar-refractivity contribution is -0.126. The highest BCUT2D eigenvalue weighted by Gasteiger charge is 2.27. The summed E-state index contributed by atoms with van der Waals surface area (Å²) in [5.74, 6) is 0.239. The number of rotatable bonds is 9. The molecule has 1 atom stereocenters. The molecule has 1 saturated heterocycles. The van der Waals surface area contributed by atoms with Crippen molar-refractivity contribution in [3.05, 3.63) is 52.3 Å². The number of anilines is 3. The van der Waals surface area contributed by atoms with Gasteiger partial charge < -0.3 is 31.2 Å². The molecule has 0 bridgehead atoms. The zero-order valence-corrected chi connectivity index (χ0v) is 25.0. The van der Waals surface area contributed by atoms with Gasteiger partial charge in [0, 0.05) is 60.6 Å². The van der Waals surface area contributed by atoms with Gasteiger partial charge in [0.1, 0.15) is 11.3 Å². The standard InChI is InChI=1S/C30H38ClFN8O/c1-6-7-24(41)39-12-14-40(15-13-39)29-20-16-22(31)26(25-18(2)8-9-23(34)21(25)17-33)27(32)28(20)36-30(37-29)35-19(3)10-11-38(4)5/h6-9,16-17,19,33H,10-15,34H2,1-5H3,(H,35,36,37)/b7-6+,33-17?. The monoisotopic (exact) mass is 580 g/mol. The number of allylic oxidation sites excluding steroid dienone is 1. The average Bonchev–Trinajstić information content (AvgIpc) is 2.94. The molecule has 1 amide bonds. The fourth-order valence-electron chi connectivity index (χ4n) is 5.08. The molecule has 1 unspecified atom stereocenters. The van der Waals surface area contributed by atoms with Gasteiger partial charge in [-0.05, 0) is 77.2 Å². The number of aromatic nitrogens is 2. The number of hydrogen-bond donors (Lipinski definition) is 3. The number of benzene rings is 2. The number of nitrogens with zero attached hydrogens (tertiary/aromatic N) is 5. The van der Waals surface area contributed by atoms with Gasteiger partial charge >= 0.3 is 0 Å². The fraction of sp³-hybridized carbons (Fsp3) is 0.400. The molecule has 4 N–H and O–H groups in total. The van der Waals surface area contributed by atoms with Crippen LogP contribution in [0, 0.1) is 18.2 Å². The number of piperazine rings is 1. The van der Waals surface area contributed by atoms with E-state index in [0.29, 0.717) is 60.1 Å². The summed E-state index contributed by atoms with van der Waals surface area (Å²) >= 11 is 6.79. The van der Waals surface area contributed by atoms with Crippen LogP contribution in [0.15, 0.2) is 30.4 Å². The van der Waals surface area contributed by atoms with Crippen LogP contribution in [0.5, 0.6) is 0 Å². The van der Waals surface area contributed by atoms with Gasteiger partial charge in [-0.25, -0.2) is 9.37 Å². The Balaban J connectivity index is 1.85. The van der Waals surface area contributed by atoms with Crippen molar-refractivity contribution in [1.29, 1.82) is 5.41 Å². The number of hydrogen-bond acceptors (Lipinski definition) is 8. The maximum Gasteiger partial charge on any atom is 0.246 e. The first-order chi connectivity index (χ1) is 19.5. The normalized spacial score (nSPS) is 14.7. The lowest BCUT2D eigenvalue weighted by Crippen LogP contribution is -2.48. The average molecular weight is 581 g/mol. The molecular weight excluding hydrogens is 543 g/mol. The highest BCUT2D eigenvalue weighted by atomic mass is 35.5. The number of aryl methyl sites for hydroxylation is 1. The van der Waals surface area contributed by atoms with Crippen LogP contribution < -0.4 is 16.0 Å². The summed E-state index contributed by atoms with van der Waals surface area (Å²) in [5, 5.41) is 12.0. The van der Waals surface area contributed by atoms with E-state index in [2.05, 4.69) is 15.2 Å². The van der Waals surface area contributed by atoms with Crippen LogP contribution in [-0.2, 0) is 4.79 Å². The third-order valence-electron chi connectivity index (χ3n) is 7.33. The van der Waals surface area contributed by atoms with Gasteiger partial charge in [-0.15, -0.1) is 0 Å². The van der Waals surface area contributed by atoms with E-state index in [-0.39, 0.29) is 28.1 Å². The SMILES string of the molecule is C/C=C/C(=O)N1CCN(c2nc(NC(C)CCN(C)C)nc3c(F)c(-c4c(C)ccc(N)c4C=N)c(Cl)cc23)CC1. The predicted octanol–water partition coefficient (Wildman–Crippen LogP) is 4.95. The second-order valence-electron chi connectivity index (χ2n) is 10.7. The number of nitrogen functional groups attached to an aromatic ring is 1. The molecule has 3 aromatic rings. The number of halogens is 2. The molecule has 0 aliphatic carbocycles. The molecule has 9 nitrogen and oxygen atoms in total. The Hall–Kier alpha value is -3.76.